The summed E-state index contributed by atoms with van der Waals surface area (Å²) in [5.74, 6) is -0.510. The van der Waals surface area contributed by atoms with Gasteiger partial charge in [-0.15, -0.1) is 0 Å². The fourth-order valence-corrected chi connectivity index (χ4v) is 5.23. The van der Waals surface area contributed by atoms with Crippen LogP contribution in [-0.4, -0.2) is 40.4 Å². The highest BCUT2D eigenvalue weighted by atomic mass is 35.5. The van der Waals surface area contributed by atoms with Gasteiger partial charge in [-0.05, 0) is 72.5 Å². The molecule has 0 fully saturated rings. The van der Waals surface area contributed by atoms with E-state index >= 15 is 0 Å². The lowest BCUT2D eigenvalue weighted by Crippen LogP contribution is -2.21. The minimum atomic E-state index is -0.716. The van der Waals surface area contributed by atoms with Gasteiger partial charge < -0.3 is 14.8 Å². The highest BCUT2D eigenvalue weighted by Crippen LogP contribution is 2.37. The van der Waals surface area contributed by atoms with Crippen molar-refractivity contribution in [2.24, 2.45) is 5.10 Å². The number of nitrogens with zero attached hydrogens (tertiary/aromatic N) is 4. The van der Waals surface area contributed by atoms with Crippen LogP contribution in [0.2, 0.25) is 5.02 Å². The number of anilines is 1. The van der Waals surface area contributed by atoms with Gasteiger partial charge in [0, 0.05) is 22.9 Å². The number of rotatable bonds is 10. The number of ether oxygens (including phenoxy) is 2. The molecule has 1 amide bonds. The molecule has 47 heavy (non-hydrogen) atoms. The standard InChI is InChI=1S/C34H29ClFN5O6/c1-19(2)25-16-26(20(3)12-30(25)46-4)33-39-28-11-6-5-10-24(28)34(43)40(33)37-17-21-13-27(35)32(29(14-21)41(44)45)47-18-31(42)38-23-9-7-8-22(36)15-23/h5-17,19H,18H2,1-4H3,(H,38,42). The molecule has 4 aromatic carbocycles. The minimum absolute atomic E-state index is 0.101. The van der Waals surface area contributed by atoms with E-state index in [1.54, 1.807) is 31.4 Å². The van der Waals surface area contributed by atoms with Crippen molar-refractivity contribution in [2.75, 3.05) is 19.0 Å². The van der Waals surface area contributed by atoms with Crippen LogP contribution < -0.4 is 20.3 Å². The molecule has 0 atom stereocenters. The summed E-state index contributed by atoms with van der Waals surface area (Å²) in [6.07, 6.45) is 1.25. The molecule has 0 unspecified atom stereocenters. The smallest absolute Gasteiger partial charge is 0.313 e. The van der Waals surface area contributed by atoms with Gasteiger partial charge in [-0.3, -0.25) is 19.7 Å². The number of halogens is 2. The summed E-state index contributed by atoms with van der Waals surface area (Å²) in [4.78, 5) is 42.2. The first-order chi connectivity index (χ1) is 22.5. The highest BCUT2D eigenvalue weighted by molar-refractivity contribution is 6.32. The van der Waals surface area contributed by atoms with Crippen molar-refractivity contribution in [1.29, 1.82) is 0 Å². The Morgan fingerprint density at radius 1 is 1.15 bits per heavy atom. The summed E-state index contributed by atoms with van der Waals surface area (Å²) in [5.41, 5.74) is 2.21. The van der Waals surface area contributed by atoms with Crippen LogP contribution in [0.3, 0.4) is 0 Å². The SMILES string of the molecule is COc1cc(C)c(-c2nc3ccccc3c(=O)n2N=Cc2cc(Cl)c(OCC(=O)Nc3cccc(F)c3)c([N+](=O)[O-])c2)cc1C(C)C. The lowest BCUT2D eigenvalue weighted by atomic mass is 9.96. The number of methoxy groups -OCH3 is 1. The summed E-state index contributed by atoms with van der Waals surface area (Å²) >= 11 is 6.39. The van der Waals surface area contributed by atoms with E-state index in [0.717, 1.165) is 27.9 Å². The quantitative estimate of drug-likeness (QED) is 0.0960. The molecule has 0 aliphatic carbocycles. The molecule has 0 aliphatic heterocycles. The van der Waals surface area contributed by atoms with E-state index < -0.39 is 34.5 Å². The molecule has 0 spiro atoms. The molecule has 0 aliphatic rings. The fourth-order valence-electron chi connectivity index (χ4n) is 4.95. The number of fused-ring (bicyclic) bond motifs is 1. The molecule has 1 heterocycles. The number of carbonyl (C=O) groups is 1. The zero-order valence-corrected chi connectivity index (χ0v) is 26.5. The maximum Gasteiger partial charge on any atom is 0.313 e. The summed E-state index contributed by atoms with van der Waals surface area (Å²) in [5, 5.41) is 19.0. The van der Waals surface area contributed by atoms with E-state index in [1.807, 2.05) is 32.9 Å². The number of para-hydroxylation sites is 1. The van der Waals surface area contributed by atoms with Gasteiger partial charge in [0.1, 0.15) is 11.6 Å². The van der Waals surface area contributed by atoms with Gasteiger partial charge >= 0.3 is 5.69 Å². The maximum absolute atomic E-state index is 13.8. The molecule has 11 nitrogen and oxygen atoms in total. The molecular formula is C34H29ClFN5O6. The van der Waals surface area contributed by atoms with E-state index in [0.29, 0.717) is 22.2 Å². The minimum Gasteiger partial charge on any atom is -0.496 e. The van der Waals surface area contributed by atoms with Crippen molar-refractivity contribution >= 4 is 46.0 Å². The Morgan fingerprint density at radius 2 is 1.91 bits per heavy atom. The summed E-state index contributed by atoms with van der Waals surface area (Å²) in [7, 11) is 1.59. The van der Waals surface area contributed by atoms with Gasteiger partial charge in [0.2, 0.25) is 5.75 Å². The van der Waals surface area contributed by atoms with E-state index in [4.69, 9.17) is 26.1 Å². The van der Waals surface area contributed by atoms with Crippen LogP contribution in [0.1, 0.15) is 36.5 Å². The Hall–Kier alpha value is -5.62. The van der Waals surface area contributed by atoms with Crippen molar-refractivity contribution < 1.29 is 23.6 Å². The molecule has 5 rings (SSSR count). The third-order valence-electron chi connectivity index (χ3n) is 7.21. The van der Waals surface area contributed by atoms with Gasteiger partial charge in [0.05, 0.1) is 34.2 Å². The fraction of sp³-hybridized carbons (Fsp3) is 0.176. The zero-order chi connectivity index (χ0) is 33.8. The van der Waals surface area contributed by atoms with Crippen molar-refractivity contribution in [3.8, 4) is 22.9 Å². The second-order valence-corrected chi connectivity index (χ2v) is 11.2. The lowest BCUT2D eigenvalue weighted by Gasteiger charge is -2.17. The van der Waals surface area contributed by atoms with Crippen molar-refractivity contribution in [1.82, 2.24) is 9.66 Å². The second kappa shape index (κ2) is 13.8. The number of nitro groups is 1. The van der Waals surface area contributed by atoms with E-state index in [9.17, 15) is 24.1 Å². The van der Waals surface area contributed by atoms with E-state index in [-0.39, 0.29) is 33.8 Å². The summed E-state index contributed by atoms with van der Waals surface area (Å²) in [6, 6.07) is 18.4. The first-order valence-corrected chi connectivity index (χ1v) is 14.8. The topological polar surface area (TPSA) is 138 Å². The number of aromatic nitrogens is 2. The van der Waals surface area contributed by atoms with Crippen molar-refractivity contribution in [3.05, 3.63) is 121 Å². The Kier molecular flexibility index (Phi) is 9.62. The average Bonchev–Trinajstić information content (AvgIpc) is 3.03. The van der Waals surface area contributed by atoms with Crippen LogP contribution in [-0.2, 0) is 4.79 Å². The molecule has 240 valence electrons. The second-order valence-electron chi connectivity index (χ2n) is 10.8. The number of nitro benzene ring substituents is 1. The predicted molar refractivity (Wildman–Crippen MR) is 178 cm³/mol. The van der Waals surface area contributed by atoms with Crippen LogP contribution in [0.25, 0.3) is 22.3 Å². The Bertz CT molecular complexity index is 2110. The number of benzene rings is 4. The Balaban J connectivity index is 1.53. The molecular weight excluding hydrogens is 629 g/mol. The van der Waals surface area contributed by atoms with Crippen molar-refractivity contribution in [2.45, 2.75) is 26.7 Å². The molecule has 0 saturated carbocycles. The van der Waals surface area contributed by atoms with Crippen LogP contribution in [0.4, 0.5) is 15.8 Å². The first-order valence-electron chi connectivity index (χ1n) is 14.4. The van der Waals surface area contributed by atoms with Gasteiger partial charge in [-0.2, -0.15) is 9.78 Å². The van der Waals surface area contributed by atoms with Crippen LogP contribution >= 0.6 is 11.6 Å². The van der Waals surface area contributed by atoms with E-state index in [2.05, 4.69) is 10.4 Å². The van der Waals surface area contributed by atoms with Gasteiger partial charge in [-0.25, -0.2) is 9.37 Å². The zero-order valence-electron chi connectivity index (χ0n) is 25.8. The largest absolute Gasteiger partial charge is 0.496 e. The molecule has 1 aromatic heterocycles. The molecule has 1 N–H and O–H groups in total. The number of hydrogen-bond acceptors (Lipinski definition) is 8. The average molecular weight is 658 g/mol. The molecule has 13 heteroatoms. The monoisotopic (exact) mass is 657 g/mol. The van der Waals surface area contributed by atoms with E-state index in [1.165, 1.54) is 30.5 Å². The molecule has 0 bridgehead atoms. The van der Waals surface area contributed by atoms with Gasteiger partial charge in [-0.1, -0.05) is 43.6 Å². The molecule has 0 saturated heterocycles. The predicted octanol–water partition coefficient (Wildman–Crippen LogP) is 7.10. The van der Waals surface area contributed by atoms with Gasteiger partial charge in [0.15, 0.2) is 12.4 Å². The number of hydrogen-bond donors (Lipinski definition) is 1. The lowest BCUT2D eigenvalue weighted by molar-refractivity contribution is -0.385. The number of amides is 1. The molecule has 0 radical (unpaired) electrons. The Morgan fingerprint density at radius 3 is 2.62 bits per heavy atom. The number of aryl methyl sites for hydroxylation is 1. The van der Waals surface area contributed by atoms with Crippen molar-refractivity contribution in [3.63, 3.8) is 0 Å². The third kappa shape index (κ3) is 7.12. The first kappa shape index (κ1) is 32.8. The van der Waals surface area contributed by atoms with Crippen LogP contribution in [0.15, 0.2) is 82.7 Å². The number of carbonyl (C=O) groups excluding carboxylic acids is 1. The summed E-state index contributed by atoms with van der Waals surface area (Å²) < 4.78 is 25.6. The highest BCUT2D eigenvalue weighted by Gasteiger charge is 2.22. The maximum atomic E-state index is 13.8. The number of nitrogens with one attached hydrogen (secondary N) is 1. The Labute approximate surface area is 273 Å². The summed E-state index contributed by atoms with van der Waals surface area (Å²) in [6.45, 7) is 5.29. The third-order valence-corrected chi connectivity index (χ3v) is 7.50. The molecule has 5 aromatic rings. The van der Waals surface area contributed by atoms with Crippen LogP contribution in [0.5, 0.6) is 11.5 Å². The van der Waals surface area contributed by atoms with Crippen LogP contribution in [0, 0.1) is 22.9 Å². The van der Waals surface area contributed by atoms with Gasteiger partial charge in [0.25, 0.3) is 11.5 Å². The normalized spacial score (nSPS) is 11.3.